The Kier molecular flexibility index (Phi) is 5.05. The van der Waals surface area contributed by atoms with Crippen LogP contribution in [-0.2, 0) is 6.54 Å². The molecule has 2 aromatic rings. The molecule has 0 spiro atoms. The van der Waals surface area contributed by atoms with Crippen LogP contribution in [0, 0.1) is 5.92 Å². The van der Waals surface area contributed by atoms with Gasteiger partial charge in [0.25, 0.3) is 0 Å². The maximum atomic E-state index is 4.34. The minimum atomic E-state index is 0.586. The van der Waals surface area contributed by atoms with Crippen molar-refractivity contribution in [2.75, 3.05) is 19.6 Å². The van der Waals surface area contributed by atoms with Gasteiger partial charge in [-0.15, -0.1) is 5.10 Å². The number of nitrogens with one attached hydrogen (secondary N) is 2. The van der Waals surface area contributed by atoms with Crippen LogP contribution in [0.3, 0.4) is 0 Å². The second-order valence-corrected chi connectivity index (χ2v) is 7.41. The Hall–Kier alpha value is -1.83. The predicted molar refractivity (Wildman–Crippen MR) is 96.6 cm³/mol. The van der Waals surface area contributed by atoms with Gasteiger partial charge < -0.3 is 4.90 Å². The average molecular weight is 341 g/mol. The lowest BCUT2D eigenvalue weighted by Gasteiger charge is -2.33. The fourth-order valence-electron chi connectivity index (χ4n) is 3.87. The van der Waals surface area contributed by atoms with Gasteiger partial charge in [0, 0.05) is 31.4 Å². The molecule has 2 fully saturated rings. The lowest BCUT2D eigenvalue weighted by molar-refractivity contribution is 0.158. The molecular weight excluding hydrogens is 314 g/mol. The molecule has 4 heterocycles. The van der Waals surface area contributed by atoms with Gasteiger partial charge in [-0.2, -0.15) is 0 Å². The van der Waals surface area contributed by atoms with Crippen LogP contribution in [0.5, 0.6) is 0 Å². The van der Waals surface area contributed by atoms with Gasteiger partial charge in [0.2, 0.25) is 0 Å². The normalized spacial score (nSPS) is 25.5. The second kappa shape index (κ2) is 7.59. The SMILES string of the molecule is CC1CC(CN2CCC(Cn3cc(-c4ccccn4)nn3)CC2)NN1. The number of hydrazine groups is 1. The summed E-state index contributed by atoms with van der Waals surface area (Å²) in [5.41, 5.74) is 8.46. The van der Waals surface area contributed by atoms with E-state index in [2.05, 4.69) is 38.0 Å². The van der Waals surface area contributed by atoms with Gasteiger partial charge in [0.05, 0.1) is 11.9 Å². The highest BCUT2D eigenvalue weighted by atomic mass is 15.4. The van der Waals surface area contributed by atoms with Gasteiger partial charge in [-0.05, 0) is 57.3 Å². The van der Waals surface area contributed by atoms with E-state index in [9.17, 15) is 0 Å². The van der Waals surface area contributed by atoms with Crippen LogP contribution in [0.25, 0.3) is 11.4 Å². The zero-order chi connectivity index (χ0) is 17.1. The molecule has 0 aliphatic carbocycles. The Morgan fingerprint density at radius 3 is 2.72 bits per heavy atom. The summed E-state index contributed by atoms with van der Waals surface area (Å²) in [5, 5.41) is 8.56. The maximum absolute atomic E-state index is 4.34. The van der Waals surface area contributed by atoms with Gasteiger partial charge in [-0.1, -0.05) is 11.3 Å². The number of aromatic nitrogens is 4. The Morgan fingerprint density at radius 1 is 1.12 bits per heavy atom. The quantitative estimate of drug-likeness (QED) is 0.854. The Morgan fingerprint density at radius 2 is 2.00 bits per heavy atom. The largest absolute Gasteiger partial charge is 0.302 e. The van der Waals surface area contributed by atoms with E-state index < -0.39 is 0 Å². The molecule has 0 bridgehead atoms. The minimum absolute atomic E-state index is 0.586. The fourth-order valence-corrected chi connectivity index (χ4v) is 3.87. The lowest BCUT2D eigenvalue weighted by Crippen LogP contribution is -2.44. The number of likely N-dealkylation sites (tertiary alicyclic amines) is 1. The third-order valence-electron chi connectivity index (χ3n) is 5.27. The molecule has 134 valence electrons. The molecule has 2 atom stereocenters. The first-order chi connectivity index (χ1) is 12.3. The van der Waals surface area contributed by atoms with Crippen molar-refractivity contribution in [1.29, 1.82) is 0 Å². The minimum Gasteiger partial charge on any atom is -0.302 e. The van der Waals surface area contributed by atoms with E-state index in [4.69, 9.17) is 0 Å². The molecular formula is C18H27N7. The molecule has 25 heavy (non-hydrogen) atoms. The highest BCUT2D eigenvalue weighted by Gasteiger charge is 2.25. The molecule has 2 aromatic heterocycles. The van der Waals surface area contributed by atoms with Crippen LogP contribution in [0.4, 0.5) is 0 Å². The summed E-state index contributed by atoms with van der Waals surface area (Å²) in [4.78, 5) is 6.93. The molecule has 4 rings (SSSR count). The summed E-state index contributed by atoms with van der Waals surface area (Å²) in [5.74, 6) is 0.683. The van der Waals surface area contributed by atoms with Crippen LogP contribution in [0.1, 0.15) is 26.2 Å². The lowest BCUT2D eigenvalue weighted by atomic mass is 9.96. The zero-order valence-electron chi connectivity index (χ0n) is 14.8. The first kappa shape index (κ1) is 16.6. The van der Waals surface area contributed by atoms with Crippen molar-refractivity contribution >= 4 is 0 Å². The van der Waals surface area contributed by atoms with Gasteiger partial charge >= 0.3 is 0 Å². The fraction of sp³-hybridized carbons (Fsp3) is 0.611. The number of pyridine rings is 1. The highest BCUT2D eigenvalue weighted by Crippen LogP contribution is 2.21. The molecule has 7 heteroatoms. The van der Waals surface area contributed by atoms with Crippen molar-refractivity contribution in [2.24, 2.45) is 5.92 Å². The second-order valence-electron chi connectivity index (χ2n) is 7.41. The van der Waals surface area contributed by atoms with Gasteiger partial charge in [0.15, 0.2) is 0 Å². The first-order valence-corrected chi connectivity index (χ1v) is 9.31. The van der Waals surface area contributed by atoms with Crippen LogP contribution in [0.15, 0.2) is 30.6 Å². The van der Waals surface area contributed by atoms with Gasteiger partial charge in [0.1, 0.15) is 5.69 Å². The van der Waals surface area contributed by atoms with Crippen molar-refractivity contribution in [1.82, 2.24) is 35.7 Å². The molecule has 0 saturated carbocycles. The molecule has 2 N–H and O–H groups in total. The van der Waals surface area contributed by atoms with Gasteiger partial charge in [-0.3, -0.25) is 20.5 Å². The van der Waals surface area contributed by atoms with E-state index in [0.717, 1.165) is 24.5 Å². The summed E-state index contributed by atoms with van der Waals surface area (Å²) < 4.78 is 1.98. The molecule has 2 unspecified atom stereocenters. The molecule has 0 aromatic carbocycles. The third-order valence-corrected chi connectivity index (χ3v) is 5.27. The molecule has 2 aliphatic heterocycles. The van der Waals surface area contributed by atoms with Crippen molar-refractivity contribution in [3.63, 3.8) is 0 Å². The smallest absolute Gasteiger partial charge is 0.131 e. The molecule has 2 saturated heterocycles. The summed E-state index contributed by atoms with van der Waals surface area (Å²) in [6.07, 6.45) is 7.49. The number of rotatable bonds is 5. The Bertz CT molecular complexity index is 663. The van der Waals surface area contributed by atoms with Crippen molar-refractivity contribution in [3.05, 3.63) is 30.6 Å². The maximum Gasteiger partial charge on any atom is 0.131 e. The summed E-state index contributed by atoms with van der Waals surface area (Å²) >= 11 is 0. The first-order valence-electron chi connectivity index (χ1n) is 9.31. The van der Waals surface area contributed by atoms with E-state index >= 15 is 0 Å². The van der Waals surface area contributed by atoms with E-state index in [-0.39, 0.29) is 0 Å². The van der Waals surface area contributed by atoms with Crippen LogP contribution in [-0.4, -0.2) is 56.6 Å². The van der Waals surface area contributed by atoms with E-state index in [1.165, 1.54) is 32.4 Å². The average Bonchev–Trinajstić information content (AvgIpc) is 3.27. The van der Waals surface area contributed by atoms with Crippen LogP contribution in [0.2, 0.25) is 0 Å². The van der Waals surface area contributed by atoms with Crippen molar-refractivity contribution < 1.29 is 0 Å². The van der Waals surface area contributed by atoms with Crippen LogP contribution < -0.4 is 10.9 Å². The van der Waals surface area contributed by atoms with Crippen molar-refractivity contribution in [2.45, 2.75) is 44.8 Å². The van der Waals surface area contributed by atoms with Crippen molar-refractivity contribution in [3.8, 4) is 11.4 Å². The third kappa shape index (κ3) is 4.23. The molecule has 0 amide bonds. The molecule has 0 radical (unpaired) electrons. The number of nitrogens with zero attached hydrogens (tertiary/aromatic N) is 5. The Labute approximate surface area is 148 Å². The Balaban J connectivity index is 1.25. The summed E-state index contributed by atoms with van der Waals surface area (Å²) in [7, 11) is 0. The number of piperidine rings is 1. The predicted octanol–water partition coefficient (Wildman–Crippen LogP) is 1.31. The highest BCUT2D eigenvalue weighted by molar-refractivity contribution is 5.51. The molecule has 7 nitrogen and oxygen atoms in total. The topological polar surface area (TPSA) is 70.9 Å². The van der Waals surface area contributed by atoms with E-state index in [1.807, 2.05) is 29.1 Å². The van der Waals surface area contributed by atoms with Gasteiger partial charge in [-0.25, -0.2) is 0 Å². The summed E-state index contributed by atoms with van der Waals surface area (Å²) in [6, 6.07) is 7.04. The van der Waals surface area contributed by atoms with E-state index in [1.54, 1.807) is 6.20 Å². The number of hydrogen-bond acceptors (Lipinski definition) is 6. The number of hydrogen-bond donors (Lipinski definition) is 2. The summed E-state index contributed by atoms with van der Waals surface area (Å²) in [6.45, 7) is 6.69. The van der Waals surface area contributed by atoms with Crippen LogP contribution >= 0.6 is 0 Å². The standard InChI is InChI=1S/C18H27N7/c1-14-10-16(21-20-14)12-24-8-5-15(6-9-24)11-25-13-18(22-23-25)17-4-2-3-7-19-17/h2-4,7,13-16,20-21H,5-6,8-12H2,1H3. The molecule has 2 aliphatic rings. The monoisotopic (exact) mass is 341 g/mol. The van der Waals surface area contributed by atoms with E-state index in [0.29, 0.717) is 18.0 Å². The zero-order valence-corrected chi connectivity index (χ0v) is 14.8.